The molecule has 0 aromatic heterocycles. The highest BCUT2D eigenvalue weighted by molar-refractivity contribution is 5.82. The number of carbonyl (C=O) groups is 2. The molecule has 0 saturated heterocycles. The van der Waals surface area contributed by atoms with Crippen molar-refractivity contribution in [3.05, 3.63) is 0 Å². The molecule has 3 N–H and O–H groups in total. The molecule has 100 valence electrons. The van der Waals surface area contributed by atoms with Gasteiger partial charge < -0.3 is 16.0 Å². The number of unbranched alkanes of at least 4 members (excludes halogenated alkanes) is 1. The second-order valence-electron chi connectivity index (χ2n) is 4.77. The van der Waals surface area contributed by atoms with Crippen molar-refractivity contribution in [2.45, 2.75) is 33.6 Å². The standard InChI is InChI=1S/C12H25N3O2/c1-5-6-7-15-10(16)8-14-9-12(2,3)11(17)13-4/h14H,5-9H2,1-4H3,(H,13,17)(H,15,16). The minimum absolute atomic E-state index is 0.0221. The summed E-state index contributed by atoms with van der Waals surface area (Å²) in [5, 5.41) is 8.41. The third-order valence-electron chi connectivity index (χ3n) is 2.55. The molecule has 0 saturated carbocycles. The maximum atomic E-state index is 11.5. The first-order chi connectivity index (χ1) is 7.94. The molecule has 0 radical (unpaired) electrons. The first-order valence-corrected chi connectivity index (χ1v) is 6.13. The summed E-state index contributed by atoms with van der Waals surface area (Å²) in [7, 11) is 1.61. The molecule has 0 aliphatic carbocycles. The summed E-state index contributed by atoms with van der Waals surface area (Å²) in [6.07, 6.45) is 2.06. The van der Waals surface area contributed by atoms with Gasteiger partial charge in [0.25, 0.3) is 0 Å². The van der Waals surface area contributed by atoms with Crippen LogP contribution in [-0.2, 0) is 9.59 Å². The van der Waals surface area contributed by atoms with Crippen LogP contribution in [0.4, 0.5) is 0 Å². The van der Waals surface area contributed by atoms with Crippen molar-refractivity contribution in [3.8, 4) is 0 Å². The van der Waals surface area contributed by atoms with E-state index in [-0.39, 0.29) is 18.4 Å². The SMILES string of the molecule is CCCCNC(=O)CNCC(C)(C)C(=O)NC. The summed E-state index contributed by atoms with van der Waals surface area (Å²) < 4.78 is 0. The molecule has 0 aliphatic heterocycles. The molecule has 17 heavy (non-hydrogen) atoms. The van der Waals surface area contributed by atoms with Crippen LogP contribution in [0.25, 0.3) is 0 Å². The molecule has 0 unspecified atom stereocenters. The van der Waals surface area contributed by atoms with Gasteiger partial charge in [0.1, 0.15) is 0 Å². The molecule has 0 aromatic carbocycles. The lowest BCUT2D eigenvalue weighted by Gasteiger charge is -2.22. The third-order valence-corrected chi connectivity index (χ3v) is 2.55. The first kappa shape index (κ1) is 15.9. The first-order valence-electron chi connectivity index (χ1n) is 6.13. The van der Waals surface area contributed by atoms with Crippen molar-refractivity contribution in [2.24, 2.45) is 5.41 Å². The van der Waals surface area contributed by atoms with Gasteiger partial charge in [0.05, 0.1) is 12.0 Å². The van der Waals surface area contributed by atoms with Crippen LogP contribution in [0.1, 0.15) is 33.6 Å². The normalized spacial score (nSPS) is 11.1. The van der Waals surface area contributed by atoms with Crippen LogP contribution in [0.2, 0.25) is 0 Å². The van der Waals surface area contributed by atoms with Gasteiger partial charge in [0, 0.05) is 20.1 Å². The second kappa shape index (κ2) is 8.06. The van der Waals surface area contributed by atoms with Crippen LogP contribution in [0.5, 0.6) is 0 Å². The van der Waals surface area contributed by atoms with Crippen LogP contribution in [0, 0.1) is 5.41 Å². The van der Waals surface area contributed by atoms with E-state index in [1.807, 2.05) is 13.8 Å². The summed E-state index contributed by atoms with van der Waals surface area (Å²) >= 11 is 0. The highest BCUT2D eigenvalue weighted by Crippen LogP contribution is 2.12. The van der Waals surface area contributed by atoms with Gasteiger partial charge in [-0.15, -0.1) is 0 Å². The van der Waals surface area contributed by atoms with E-state index in [4.69, 9.17) is 0 Å². The number of hydrogen-bond acceptors (Lipinski definition) is 3. The molecule has 0 fully saturated rings. The summed E-state index contributed by atoms with van der Waals surface area (Å²) in [6.45, 7) is 7.21. The van der Waals surface area contributed by atoms with E-state index < -0.39 is 5.41 Å². The number of nitrogens with one attached hydrogen (secondary N) is 3. The van der Waals surface area contributed by atoms with Gasteiger partial charge in [-0.25, -0.2) is 0 Å². The van der Waals surface area contributed by atoms with Crippen LogP contribution >= 0.6 is 0 Å². The molecule has 0 heterocycles. The zero-order chi connectivity index (χ0) is 13.3. The summed E-state index contributed by atoms with van der Waals surface area (Å²) in [4.78, 5) is 22.8. The lowest BCUT2D eigenvalue weighted by Crippen LogP contribution is -2.44. The number of carbonyl (C=O) groups excluding carboxylic acids is 2. The predicted molar refractivity (Wildman–Crippen MR) is 68.6 cm³/mol. The van der Waals surface area contributed by atoms with Crippen molar-refractivity contribution in [3.63, 3.8) is 0 Å². The molecule has 0 aromatic rings. The summed E-state index contributed by atoms with van der Waals surface area (Å²) in [5.74, 6) is -0.0532. The van der Waals surface area contributed by atoms with Gasteiger partial charge in [-0.2, -0.15) is 0 Å². The Morgan fingerprint density at radius 1 is 1.24 bits per heavy atom. The molecular formula is C12H25N3O2. The highest BCUT2D eigenvalue weighted by Gasteiger charge is 2.25. The molecule has 5 nitrogen and oxygen atoms in total. The molecule has 2 amide bonds. The van der Waals surface area contributed by atoms with Crippen molar-refractivity contribution < 1.29 is 9.59 Å². The minimum atomic E-state index is -0.502. The monoisotopic (exact) mass is 243 g/mol. The Labute approximate surface area is 104 Å². The van der Waals surface area contributed by atoms with Crippen molar-refractivity contribution in [1.82, 2.24) is 16.0 Å². The number of hydrogen-bond donors (Lipinski definition) is 3. The minimum Gasteiger partial charge on any atom is -0.359 e. The van der Waals surface area contributed by atoms with Crippen LogP contribution < -0.4 is 16.0 Å². The maximum Gasteiger partial charge on any atom is 0.233 e. The van der Waals surface area contributed by atoms with Crippen LogP contribution in [0.15, 0.2) is 0 Å². The van der Waals surface area contributed by atoms with E-state index in [2.05, 4.69) is 22.9 Å². The lowest BCUT2D eigenvalue weighted by molar-refractivity contribution is -0.129. The fourth-order valence-electron chi connectivity index (χ4n) is 1.37. The van der Waals surface area contributed by atoms with Gasteiger partial charge in [0.2, 0.25) is 11.8 Å². The smallest absolute Gasteiger partial charge is 0.233 e. The van der Waals surface area contributed by atoms with Crippen LogP contribution in [-0.4, -0.2) is 38.5 Å². The van der Waals surface area contributed by atoms with Gasteiger partial charge in [-0.3, -0.25) is 9.59 Å². The Morgan fingerprint density at radius 3 is 2.41 bits per heavy atom. The largest absolute Gasteiger partial charge is 0.359 e. The van der Waals surface area contributed by atoms with Gasteiger partial charge in [-0.1, -0.05) is 13.3 Å². The Kier molecular flexibility index (Phi) is 7.54. The van der Waals surface area contributed by atoms with E-state index >= 15 is 0 Å². The third kappa shape index (κ3) is 6.94. The van der Waals surface area contributed by atoms with Gasteiger partial charge in [-0.05, 0) is 20.3 Å². The predicted octanol–water partition coefficient (Wildman–Crippen LogP) is 0.265. The van der Waals surface area contributed by atoms with E-state index in [1.165, 1.54) is 0 Å². The van der Waals surface area contributed by atoms with Crippen LogP contribution in [0.3, 0.4) is 0 Å². The van der Waals surface area contributed by atoms with E-state index in [0.717, 1.165) is 19.4 Å². The molecule has 0 atom stereocenters. The molecule has 0 rings (SSSR count). The summed E-state index contributed by atoms with van der Waals surface area (Å²) in [5.41, 5.74) is -0.502. The van der Waals surface area contributed by atoms with Crippen molar-refractivity contribution in [1.29, 1.82) is 0 Å². The van der Waals surface area contributed by atoms with Crippen molar-refractivity contribution >= 4 is 11.8 Å². The Morgan fingerprint density at radius 2 is 1.88 bits per heavy atom. The molecule has 0 spiro atoms. The fraction of sp³-hybridized carbons (Fsp3) is 0.833. The van der Waals surface area contributed by atoms with Crippen molar-refractivity contribution in [2.75, 3.05) is 26.7 Å². The van der Waals surface area contributed by atoms with Gasteiger partial charge >= 0.3 is 0 Å². The average Bonchev–Trinajstić information content (AvgIpc) is 2.28. The Bertz CT molecular complexity index is 252. The second-order valence-corrected chi connectivity index (χ2v) is 4.77. The highest BCUT2D eigenvalue weighted by atomic mass is 16.2. The zero-order valence-corrected chi connectivity index (χ0v) is 11.4. The van der Waals surface area contributed by atoms with Gasteiger partial charge in [0.15, 0.2) is 0 Å². The fourth-order valence-corrected chi connectivity index (χ4v) is 1.37. The quantitative estimate of drug-likeness (QED) is 0.536. The molecule has 0 aliphatic rings. The zero-order valence-electron chi connectivity index (χ0n) is 11.4. The summed E-state index contributed by atoms with van der Waals surface area (Å²) in [6, 6.07) is 0. The lowest BCUT2D eigenvalue weighted by atomic mass is 9.92. The molecule has 0 bridgehead atoms. The number of amides is 2. The topological polar surface area (TPSA) is 70.2 Å². The molecular weight excluding hydrogens is 218 g/mol. The van der Waals surface area contributed by atoms with E-state index in [9.17, 15) is 9.59 Å². The Hall–Kier alpha value is -1.10. The van der Waals surface area contributed by atoms with E-state index in [0.29, 0.717) is 6.54 Å². The van der Waals surface area contributed by atoms with E-state index in [1.54, 1.807) is 7.05 Å². The number of rotatable bonds is 8. The molecule has 5 heteroatoms. The Balaban J connectivity index is 3.75. The maximum absolute atomic E-state index is 11.5. The average molecular weight is 243 g/mol.